The van der Waals surface area contributed by atoms with E-state index < -0.39 is 0 Å². The number of Topliss-reactive ketones (excluding diaryl/α,β-unsaturated/α-hetero) is 1. The summed E-state index contributed by atoms with van der Waals surface area (Å²) in [6, 6.07) is 3.66. The van der Waals surface area contributed by atoms with Crippen molar-refractivity contribution in [2.75, 3.05) is 6.61 Å². The Labute approximate surface area is 87.8 Å². The van der Waals surface area contributed by atoms with Gasteiger partial charge in [0, 0.05) is 6.42 Å². The molecule has 0 aromatic heterocycles. The van der Waals surface area contributed by atoms with E-state index in [-0.39, 0.29) is 5.78 Å². The molecule has 2 rings (SSSR count). The number of aryl methyl sites for hydroxylation is 1. The van der Waals surface area contributed by atoms with Crippen LogP contribution in [-0.4, -0.2) is 12.4 Å². The summed E-state index contributed by atoms with van der Waals surface area (Å²) in [6.45, 7) is 2.49. The van der Waals surface area contributed by atoms with Crippen LogP contribution >= 0.6 is 11.6 Å². The topological polar surface area (TPSA) is 26.3 Å². The molecular weight excluding hydrogens is 200 g/mol. The van der Waals surface area contributed by atoms with Gasteiger partial charge in [-0.3, -0.25) is 4.79 Å². The van der Waals surface area contributed by atoms with Gasteiger partial charge < -0.3 is 4.74 Å². The average molecular weight is 211 g/mol. The van der Waals surface area contributed by atoms with Gasteiger partial charge in [0.05, 0.1) is 17.2 Å². The molecule has 0 atom stereocenters. The number of hydrogen-bond acceptors (Lipinski definition) is 2. The fourth-order valence-electron chi connectivity index (χ4n) is 1.62. The molecule has 0 N–H and O–H groups in total. The molecule has 1 aliphatic rings. The SMILES string of the molecule is Cc1cc(Cl)c2c(c1)C(=O)CCCO2. The van der Waals surface area contributed by atoms with Gasteiger partial charge in [0.15, 0.2) is 5.78 Å². The molecule has 0 amide bonds. The summed E-state index contributed by atoms with van der Waals surface area (Å²) in [5.74, 6) is 0.683. The number of rotatable bonds is 0. The van der Waals surface area contributed by atoms with E-state index in [0.717, 1.165) is 12.0 Å². The van der Waals surface area contributed by atoms with E-state index >= 15 is 0 Å². The lowest BCUT2D eigenvalue weighted by Crippen LogP contribution is -1.98. The van der Waals surface area contributed by atoms with E-state index in [4.69, 9.17) is 16.3 Å². The Morgan fingerprint density at radius 2 is 2.21 bits per heavy atom. The molecule has 0 radical (unpaired) electrons. The van der Waals surface area contributed by atoms with Crippen LogP contribution in [0.15, 0.2) is 12.1 Å². The number of carbonyl (C=O) groups is 1. The molecule has 0 unspecified atom stereocenters. The monoisotopic (exact) mass is 210 g/mol. The molecule has 1 aliphatic heterocycles. The zero-order valence-electron chi connectivity index (χ0n) is 7.97. The maximum absolute atomic E-state index is 11.7. The third-order valence-electron chi connectivity index (χ3n) is 2.28. The Kier molecular flexibility index (Phi) is 2.46. The van der Waals surface area contributed by atoms with Gasteiger partial charge in [-0.2, -0.15) is 0 Å². The van der Waals surface area contributed by atoms with Crippen LogP contribution in [0.1, 0.15) is 28.8 Å². The average Bonchev–Trinajstić information content (AvgIpc) is 2.29. The van der Waals surface area contributed by atoms with Gasteiger partial charge in [0.25, 0.3) is 0 Å². The van der Waals surface area contributed by atoms with Crippen molar-refractivity contribution < 1.29 is 9.53 Å². The molecule has 1 heterocycles. The fourth-order valence-corrected chi connectivity index (χ4v) is 1.95. The number of halogens is 1. The van der Waals surface area contributed by atoms with Crippen LogP contribution in [0, 0.1) is 6.92 Å². The second-order valence-electron chi connectivity index (χ2n) is 3.50. The lowest BCUT2D eigenvalue weighted by molar-refractivity contribution is 0.0983. The first kappa shape index (κ1) is 9.53. The van der Waals surface area contributed by atoms with Crippen LogP contribution in [0.25, 0.3) is 0 Å². The van der Waals surface area contributed by atoms with Gasteiger partial charge in [0.2, 0.25) is 0 Å². The van der Waals surface area contributed by atoms with Crippen molar-refractivity contribution in [1.82, 2.24) is 0 Å². The van der Waals surface area contributed by atoms with Gasteiger partial charge in [-0.05, 0) is 31.0 Å². The second-order valence-corrected chi connectivity index (χ2v) is 3.91. The number of fused-ring (bicyclic) bond motifs is 1. The van der Waals surface area contributed by atoms with Crippen molar-refractivity contribution in [3.8, 4) is 5.75 Å². The maximum Gasteiger partial charge on any atom is 0.166 e. The molecule has 1 aromatic rings. The van der Waals surface area contributed by atoms with Crippen LogP contribution in [0.2, 0.25) is 5.02 Å². The Balaban J connectivity index is 2.58. The van der Waals surface area contributed by atoms with Gasteiger partial charge in [-0.25, -0.2) is 0 Å². The summed E-state index contributed by atoms with van der Waals surface area (Å²) in [7, 11) is 0. The molecule has 3 heteroatoms. The summed E-state index contributed by atoms with van der Waals surface area (Å²) in [5, 5.41) is 0.537. The fraction of sp³-hybridized carbons (Fsp3) is 0.364. The van der Waals surface area contributed by atoms with E-state index in [1.165, 1.54) is 0 Å². The van der Waals surface area contributed by atoms with Gasteiger partial charge in [0.1, 0.15) is 5.75 Å². The van der Waals surface area contributed by atoms with Crippen LogP contribution < -0.4 is 4.74 Å². The predicted octanol–water partition coefficient (Wildman–Crippen LogP) is 3.00. The number of benzene rings is 1. The standard InChI is InChI=1S/C11H11ClO2/c1-7-5-8-10(13)3-2-4-14-11(8)9(12)6-7/h5-6H,2-4H2,1H3. The van der Waals surface area contributed by atoms with E-state index in [0.29, 0.717) is 29.4 Å². The summed E-state index contributed by atoms with van der Waals surface area (Å²) < 4.78 is 5.45. The highest BCUT2D eigenvalue weighted by atomic mass is 35.5. The van der Waals surface area contributed by atoms with Crippen molar-refractivity contribution in [3.63, 3.8) is 0 Å². The Hall–Kier alpha value is -1.02. The van der Waals surface area contributed by atoms with Crippen LogP contribution in [-0.2, 0) is 0 Å². The molecule has 0 aliphatic carbocycles. The molecule has 0 saturated carbocycles. The van der Waals surface area contributed by atoms with Gasteiger partial charge in [-0.1, -0.05) is 11.6 Å². The van der Waals surface area contributed by atoms with Crippen molar-refractivity contribution in [2.45, 2.75) is 19.8 Å². The molecule has 74 valence electrons. The minimum Gasteiger partial charge on any atom is -0.491 e. The predicted molar refractivity (Wildman–Crippen MR) is 55.2 cm³/mol. The van der Waals surface area contributed by atoms with Crippen molar-refractivity contribution in [2.24, 2.45) is 0 Å². The maximum atomic E-state index is 11.7. The third kappa shape index (κ3) is 1.62. The van der Waals surface area contributed by atoms with Crippen LogP contribution in [0.3, 0.4) is 0 Å². The van der Waals surface area contributed by atoms with E-state index in [1.807, 2.05) is 19.1 Å². The van der Waals surface area contributed by atoms with Crippen LogP contribution in [0.4, 0.5) is 0 Å². The molecule has 0 spiro atoms. The quantitative estimate of drug-likeness (QED) is 0.658. The van der Waals surface area contributed by atoms with E-state index in [1.54, 1.807) is 0 Å². The minimum atomic E-state index is 0.128. The zero-order chi connectivity index (χ0) is 10.1. The Morgan fingerprint density at radius 1 is 1.43 bits per heavy atom. The first-order valence-corrected chi connectivity index (χ1v) is 5.02. The molecule has 1 aromatic carbocycles. The molecule has 14 heavy (non-hydrogen) atoms. The molecular formula is C11H11ClO2. The smallest absolute Gasteiger partial charge is 0.166 e. The number of ketones is 1. The second kappa shape index (κ2) is 3.62. The summed E-state index contributed by atoms with van der Waals surface area (Å²) in [6.07, 6.45) is 1.32. The first-order chi connectivity index (χ1) is 6.68. The highest BCUT2D eigenvalue weighted by molar-refractivity contribution is 6.32. The Bertz CT molecular complexity index is 385. The summed E-state index contributed by atoms with van der Waals surface area (Å²) in [4.78, 5) is 11.7. The summed E-state index contributed by atoms with van der Waals surface area (Å²) in [5.41, 5.74) is 1.63. The van der Waals surface area contributed by atoms with E-state index in [9.17, 15) is 4.79 Å². The van der Waals surface area contributed by atoms with Gasteiger partial charge in [-0.15, -0.1) is 0 Å². The van der Waals surface area contributed by atoms with Crippen molar-refractivity contribution in [1.29, 1.82) is 0 Å². The van der Waals surface area contributed by atoms with E-state index in [2.05, 4.69) is 0 Å². The molecule has 0 fully saturated rings. The third-order valence-corrected chi connectivity index (χ3v) is 2.56. The largest absolute Gasteiger partial charge is 0.491 e. The Morgan fingerprint density at radius 3 is 3.00 bits per heavy atom. The highest BCUT2D eigenvalue weighted by Gasteiger charge is 2.19. The van der Waals surface area contributed by atoms with Gasteiger partial charge >= 0.3 is 0 Å². The minimum absolute atomic E-state index is 0.128. The molecule has 0 bridgehead atoms. The summed E-state index contributed by atoms with van der Waals surface area (Å²) >= 11 is 6.01. The molecule has 0 saturated heterocycles. The highest BCUT2D eigenvalue weighted by Crippen LogP contribution is 2.33. The zero-order valence-corrected chi connectivity index (χ0v) is 8.73. The van der Waals surface area contributed by atoms with Crippen molar-refractivity contribution >= 4 is 17.4 Å². The first-order valence-electron chi connectivity index (χ1n) is 4.64. The number of hydrogen-bond donors (Lipinski definition) is 0. The number of carbonyl (C=O) groups excluding carboxylic acids is 1. The van der Waals surface area contributed by atoms with Crippen molar-refractivity contribution in [3.05, 3.63) is 28.3 Å². The number of ether oxygens (including phenoxy) is 1. The lowest BCUT2D eigenvalue weighted by atomic mass is 10.0. The lowest BCUT2D eigenvalue weighted by Gasteiger charge is -2.08. The molecule has 2 nitrogen and oxygen atoms in total. The van der Waals surface area contributed by atoms with Crippen LogP contribution in [0.5, 0.6) is 5.75 Å². The normalized spacial score (nSPS) is 15.7.